The third-order valence-electron chi connectivity index (χ3n) is 4.09. The second-order valence-electron chi connectivity index (χ2n) is 5.33. The Kier molecular flexibility index (Phi) is 4.16. The van der Waals surface area contributed by atoms with Crippen LogP contribution in [0.1, 0.15) is 48.0 Å². The first kappa shape index (κ1) is 14.1. The van der Waals surface area contributed by atoms with Crippen molar-refractivity contribution in [2.75, 3.05) is 0 Å². The maximum absolute atomic E-state index is 10.7. The van der Waals surface area contributed by atoms with E-state index < -0.39 is 6.10 Å². The van der Waals surface area contributed by atoms with Gasteiger partial charge in [0.2, 0.25) is 0 Å². The zero-order chi connectivity index (χ0) is 14.1. The predicted molar refractivity (Wildman–Crippen MR) is 86.2 cm³/mol. The van der Waals surface area contributed by atoms with E-state index in [9.17, 15) is 5.11 Å². The molecular weight excluding hydrogens is 336 g/mol. The minimum atomic E-state index is -0.613. The van der Waals surface area contributed by atoms with Crippen LogP contribution in [0.4, 0.5) is 0 Å². The molecule has 3 rings (SSSR count). The monoisotopic (exact) mass is 350 g/mol. The zero-order valence-electron chi connectivity index (χ0n) is 11.0. The highest BCUT2D eigenvalue weighted by Crippen LogP contribution is 2.41. The van der Waals surface area contributed by atoms with Crippen LogP contribution >= 0.6 is 27.5 Å². The van der Waals surface area contributed by atoms with Crippen LogP contribution in [-0.4, -0.2) is 5.11 Å². The number of halogens is 2. The van der Waals surface area contributed by atoms with Gasteiger partial charge in [0, 0.05) is 9.50 Å². The Morgan fingerprint density at radius 1 is 1.10 bits per heavy atom. The van der Waals surface area contributed by atoms with Crippen molar-refractivity contribution in [3.05, 3.63) is 68.7 Å². The topological polar surface area (TPSA) is 20.2 Å². The first-order valence-corrected chi connectivity index (χ1v) is 8.06. The van der Waals surface area contributed by atoms with Crippen molar-refractivity contribution in [3.8, 4) is 0 Å². The maximum atomic E-state index is 10.7. The van der Waals surface area contributed by atoms with Crippen LogP contribution in [0.2, 0.25) is 5.02 Å². The van der Waals surface area contributed by atoms with Gasteiger partial charge in [-0.3, -0.25) is 0 Å². The second kappa shape index (κ2) is 5.88. The molecule has 2 aromatic carbocycles. The van der Waals surface area contributed by atoms with Crippen molar-refractivity contribution >= 4 is 27.5 Å². The molecule has 0 radical (unpaired) electrons. The summed E-state index contributed by atoms with van der Waals surface area (Å²) in [6.07, 6.45) is 3.13. The third kappa shape index (κ3) is 2.65. The van der Waals surface area contributed by atoms with E-state index in [-0.39, 0.29) is 0 Å². The van der Waals surface area contributed by atoms with Gasteiger partial charge in [0.15, 0.2) is 0 Å². The SMILES string of the molecule is OC(c1ccc(Cl)cc1Br)c1ccccc1C1CCC1. The van der Waals surface area contributed by atoms with Crippen LogP contribution in [0.3, 0.4) is 0 Å². The zero-order valence-corrected chi connectivity index (χ0v) is 13.4. The summed E-state index contributed by atoms with van der Waals surface area (Å²) in [6, 6.07) is 13.7. The average molecular weight is 352 g/mol. The normalized spacial score (nSPS) is 16.8. The van der Waals surface area contributed by atoms with Crippen molar-refractivity contribution in [2.24, 2.45) is 0 Å². The molecule has 1 aliphatic carbocycles. The number of rotatable bonds is 3. The lowest BCUT2D eigenvalue weighted by Crippen LogP contribution is -2.13. The van der Waals surface area contributed by atoms with Gasteiger partial charge >= 0.3 is 0 Å². The molecule has 0 bridgehead atoms. The minimum absolute atomic E-state index is 0.604. The van der Waals surface area contributed by atoms with Crippen LogP contribution < -0.4 is 0 Å². The third-order valence-corrected chi connectivity index (χ3v) is 5.01. The van der Waals surface area contributed by atoms with E-state index in [1.807, 2.05) is 30.3 Å². The van der Waals surface area contributed by atoms with Gasteiger partial charge in [0.05, 0.1) is 0 Å². The molecule has 104 valence electrons. The number of aliphatic hydroxyl groups excluding tert-OH is 1. The van der Waals surface area contributed by atoms with E-state index in [1.54, 1.807) is 0 Å². The Bertz CT molecular complexity index is 622. The predicted octanol–water partition coefficient (Wildman–Crippen LogP) is 5.45. The lowest BCUT2D eigenvalue weighted by molar-refractivity contribution is 0.216. The van der Waals surface area contributed by atoms with Crippen LogP contribution in [0.25, 0.3) is 0 Å². The van der Waals surface area contributed by atoms with Gasteiger partial charge in [0.1, 0.15) is 6.10 Å². The lowest BCUT2D eigenvalue weighted by Gasteiger charge is -2.29. The molecule has 1 aliphatic rings. The summed E-state index contributed by atoms with van der Waals surface area (Å²) in [5.74, 6) is 0.604. The molecule has 1 nitrogen and oxygen atoms in total. The molecule has 0 amide bonds. The molecule has 20 heavy (non-hydrogen) atoms. The Balaban J connectivity index is 1.99. The number of aliphatic hydroxyl groups is 1. The van der Waals surface area contributed by atoms with Crippen LogP contribution in [0.5, 0.6) is 0 Å². The summed E-state index contributed by atoms with van der Waals surface area (Å²) in [5, 5.41) is 11.4. The van der Waals surface area contributed by atoms with E-state index in [1.165, 1.54) is 24.8 Å². The summed E-state index contributed by atoms with van der Waals surface area (Å²) in [5.41, 5.74) is 3.16. The summed E-state index contributed by atoms with van der Waals surface area (Å²) < 4.78 is 0.848. The fourth-order valence-corrected chi connectivity index (χ4v) is 3.64. The van der Waals surface area contributed by atoms with Crippen LogP contribution in [0.15, 0.2) is 46.9 Å². The van der Waals surface area contributed by atoms with E-state index in [0.29, 0.717) is 10.9 Å². The quantitative estimate of drug-likeness (QED) is 0.779. The summed E-state index contributed by atoms with van der Waals surface area (Å²) >= 11 is 9.46. The Morgan fingerprint density at radius 3 is 2.50 bits per heavy atom. The molecule has 2 aromatic rings. The van der Waals surface area contributed by atoms with Gasteiger partial charge in [-0.15, -0.1) is 0 Å². The van der Waals surface area contributed by atoms with Crippen molar-refractivity contribution in [1.29, 1.82) is 0 Å². The molecule has 0 saturated heterocycles. The fourth-order valence-electron chi connectivity index (χ4n) is 2.74. The number of hydrogen-bond donors (Lipinski definition) is 1. The highest BCUT2D eigenvalue weighted by Gasteiger charge is 2.25. The smallest absolute Gasteiger partial charge is 0.105 e. The average Bonchev–Trinajstić information content (AvgIpc) is 2.37. The molecule has 0 spiro atoms. The summed E-state index contributed by atoms with van der Waals surface area (Å²) in [7, 11) is 0. The molecule has 1 unspecified atom stereocenters. The molecular formula is C17H16BrClO. The summed E-state index contributed by atoms with van der Waals surface area (Å²) in [4.78, 5) is 0. The summed E-state index contributed by atoms with van der Waals surface area (Å²) in [6.45, 7) is 0. The molecule has 0 aliphatic heterocycles. The van der Waals surface area contributed by atoms with Gasteiger partial charge in [-0.1, -0.05) is 64.3 Å². The number of benzene rings is 2. The molecule has 0 heterocycles. The molecule has 1 N–H and O–H groups in total. The van der Waals surface area contributed by atoms with Crippen molar-refractivity contribution in [1.82, 2.24) is 0 Å². The van der Waals surface area contributed by atoms with Gasteiger partial charge in [-0.2, -0.15) is 0 Å². The minimum Gasteiger partial charge on any atom is -0.384 e. The van der Waals surface area contributed by atoms with Crippen molar-refractivity contribution < 1.29 is 5.11 Å². The molecule has 3 heteroatoms. The highest BCUT2D eigenvalue weighted by atomic mass is 79.9. The lowest BCUT2D eigenvalue weighted by atomic mass is 9.77. The first-order chi connectivity index (χ1) is 9.66. The van der Waals surface area contributed by atoms with Crippen molar-refractivity contribution in [2.45, 2.75) is 31.3 Å². The Hall–Kier alpha value is -0.830. The fraction of sp³-hybridized carbons (Fsp3) is 0.294. The first-order valence-electron chi connectivity index (χ1n) is 6.88. The van der Waals surface area contributed by atoms with Gasteiger partial charge in [-0.05, 0) is 47.6 Å². The maximum Gasteiger partial charge on any atom is 0.105 e. The van der Waals surface area contributed by atoms with Crippen LogP contribution in [0, 0.1) is 0 Å². The van der Waals surface area contributed by atoms with Crippen molar-refractivity contribution in [3.63, 3.8) is 0 Å². The highest BCUT2D eigenvalue weighted by molar-refractivity contribution is 9.10. The van der Waals surface area contributed by atoms with Gasteiger partial charge in [0.25, 0.3) is 0 Å². The number of hydrogen-bond acceptors (Lipinski definition) is 1. The molecule has 1 fully saturated rings. The molecule has 1 saturated carbocycles. The van der Waals surface area contributed by atoms with E-state index in [0.717, 1.165) is 15.6 Å². The van der Waals surface area contributed by atoms with E-state index in [4.69, 9.17) is 11.6 Å². The molecule has 1 atom stereocenters. The van der Waals surface area contributed by atoms with Gasteiger partial charge in [-0.25, -0.2) is 0 Å². The molecule has 0 aromatic heterocycles. The van der Waals surface area contributed by atoms with Crippen LogP contribution in [-0.2, 0) is 0 Å². The van der Waals surface area contributed by atoms with Gasteiger partial charge < -0.3 is 5.11 Å². The second-order valence-corrected chi connectivity index (χ2v) is 6.62. The Labute approximate surface area is 132 Å². The van der Waals surface area contributed by atoms with E-state index >= 15 is 0 Å². The largest absolute Gasteiger partial charge is 0.384 e. The standard InChI is InChI=1S/C17H16BrClO/c18-16-10-12(19)8-9-15(16)17(20)14-7-2-1-6-13(14)11-4-3-5-11/h1-2,6-11,17,20H,3-5H2. The van der Waals surface area contributed by atoms with E-state index in [2.05, 4.69) is 28.1 Å². The Morgan fingerprint density at radius 2 is 1.85 bits per heavy atom.